The van der Waals surface area contributed by atoms with Gasteiger partial charge in [0.1, 0.15) is 11.6 Å². The topological polar surface area (TPSA) is 49.4 Å². The van der Waals surface area contributed by atoms with Gasteiger partial charge in [-0.3, -0.25) is 9.59 Å². The molecule has 2 amide bonds. The van der Waals surface area contributed by atoms with Gasteiger partial charge in [0.15, 0.2) is 0 Å². The summed E-state index contributed by atoms with van der Waals surface area (Å²) >= 11 is 0. The Morgan fingerprint density at radius 2 is 2.12 bits per heavy atom. The fourth-order valence-electron chi connectivity index (χ4n) is 1.90. The molecule has 0 aromatic rings. The van der Waals surface area contributed by atoms with Gasteiger partial charge in [0.25, 0.3) is 0 Å². The zero-order valence-corrected chi connectivity index (χ0v) is 11.0. The van der Waals surface area contributed by atoms with Crippen LogP contribution in [-0.2, 0) is 9.59 Å². The number of piperazine rings is 1. The molecule has 2 atom stereocenters. The molecule has 4 heteroatoms. The van der Waals surface area contributed by atoms with Crippen molar-refractivity contribution in [3.05, 3.63) is 0 Å². The summed E-state index contributed by atoms with van der Waals surface area (Å²) in [7, 11) is 0. The molecule has 0 aromatic heterocycles. The third-order valence-corrected chi connectivity index (χ3v) is 3.34. The average molecular weight is 236 g/mol. The fourth-order valence-corrected chi connectivity index (χ4v) is 1.90. The maximum Gasteiger partial charge on any atom is 0.248 e. The van der Waals surface area contributed by atoms with Crippen LogP contribution in [0, 0.1) is 11.8 Å². The lowest BCUT2D eigenvalue weighted by Crippen LogP contribution is -2.68. The minimum absolute atomic E-state index is 0.00926. The number of nitrogens with one attached hydrogen (secondary N) is 1. The van der Waals surface area contributed by atoms with Gasteiger partial charge < -0.3 is 10.2 Å². The zero-order valence-electron chi connectivity index (χ0n) is 11.0. The van der Waals surface area contributed by atoms with Gasteiger partial charge in [-0.1, -0.05) is 6.92 Å². The molecule has 0 aliphatic carbocycles. The van der Waals surface area contributed by atoms with E-state index in [4.69, 9.17) is 0 Å². The van der Waals surface area contributed by atoms with Gasteiger partial charge in [-0.05, 0) is 27.2 Å². The van der Waals surface area contributed by atoms with E-state index in [0.717, 1.165) is 0 Å². The lowest BCUT2D eigenvalue weighted by atomic mass is 9.92. The maximum absolute atomic E-state index is 12.3. The first kappa shape index (κ1) is 13.6. The molecule has 4 nitrogen and oxygen atoms in total. The lowest BCUT2D eigenvalue weighted by molar-refractivity contribution is -0.153. The number of carbonyl (C=O) groups excluding carboxylic acids is 2. The Balaban J connectivity index is 2.86. The molecule has 1 saturated heterocycles. The third-order valence-electron chi connectivity index (χ3n) is 3.34. The van der Waals surface area contributed by atoms with E-state index in [2.05, 4.69) is 17.2 Å². The van der Waals surface area contributed by atoms with Crippen LogP contribution >= 0.6 is 0 Å². The lowest BCUT2D eigenvalue weighted by Gasteiger charge is -2.42. The van der Waals surface area contributed by atoms with Crippen molar-refractivity contribution in [2.75, 3.05) is 6.54 Å². The summed E-state index contributed by atoms with van der Waals surface area (Å²) in [6, 6.07) is -0.402. The number of nitrogens with zero attached hydrogens (tertiary/aromatic N) is 1. The number of hydrogen-bond donors (Lipinski definition) is 1. The van der Waals surface area contributed by atoms with E-state index < -0.39 is 11.6 Å². The van der Waals surface area contributed by atoms with Gasteiger partial charge in [-0.15, -0.1) is 11.8 Å². The first-order valence-electron chi connectivity index (χ1n) is 5.99. The molecule has 0 saturated carbocycles. The van der Waals surface area contributed by atoms with Crippen molar-refractivity contribution < 1.29 is 9.59 Å². The Morgan fingerprint density at radius 3 is 2.65 bits per heavy atom. The first-order valence-corrected chi connectivity index (χ1v) is 5.99. The predicted octanol–water partition coefficient (Wildman–Crippen LogP) is 0.915. The average Bonchev–Trinajstić information content (AvgIpc) is 2.31. The summed E-state index contributed by atoms with van der Waals surface area (Å²) in [6.45, 7) is 7.71. The highest BCUT2D eigenvalue weighted by Crippen LogP contribution is 2.21. The van der Waals surface area contributed by atoms with Crippen LogP contribution in [0.5, 0.6) is 0 Å². The Morgan fingerprint density at radius 1 is 1.47 bits per heavy atom. The van der Waals surface area contributed by atoms with Crippen molar-refractivity contribution in [3.8, 4) is 11.8 Å². The minimum Gasteiger partial charge on any atom is -0.340 e. The number of rotatable bonds is 3. The molecule has 94 valence electrons. The molecule has 0 aromatic carbocycles. The van der Waals surface area contributed by atoms with Crippen molar-refractivity contribution in [2.45, 2.75) is 52.1 Å². The molecule has 1 heterocycles. The second-order valence-electron chi connectivity index (χ2n) is 4.53. The number of hydrogen-bond acceptors (Lipinski definition) is 2. The van der Waals surface area contributed by atoms with Crippen LogP contribution in [-0.4, -0.2) is 34.8 Å². The van der Waals surface area contributed by atoms with Gasteiger partial charge >= 0.3 is 0 Å². The smallest absolute Gasteiger partial charge is 0.248 e. The van der Waals surface area contributed by atoms with Crippen molar-refractivity contribution in [1.29, 1.82) is 0 Å². The van der Waals surface area contributed by atoms with Gasteiger partial charge in [-0.25, -0.2) is 0 Å². The molecule has 0 bridgehead atoms. The zero-order chi connectivity index (χ0) is 13.1. The van der Waals surface area contributed by atoms with Crippen LogP contribution in [0.3, 0.4) is 0 Å². The molecule has 1 aliphatic heterocycles. The molecular weight excluding hydrogens is 216 g/mol. The van der Waals surface area contributed by atoms with Crippen molar-refractivity contribution in [2.24, 2.45) is 0 Å². The highest BCUT2D eigenvalue weighted by Gasteiger charge is 2.44. The van der Waals surface area contributed by atoms with E-state index in [-0.39, 0.29) is 11.8 Å². The SMILES string of the molecule is CC#CCCN1C(=O)C(C)(CC)NC(=O)C1C. The molecule has 0 radical (unpaired) electrons. The normalized spacial score (nSPS) is 28.5. The van der Waals surface area contributed by atoms with E-state index in [1.807, 2.05) is 6.92 Å². The summed E-state index contributed by atoms with van der Waals surface area (Å²) in [5, 5.41) is 2.80. The monoisotopic (exact) mass is 236 g/mol. The van der Waals surface area contributed by atoms with Gasteiger partial charge in [0.2, 0.25) is 11.8 Å². The molecule has 2 unspecified atom stereocenters. The number of carbonyl (C=O) groups is 2. The van der Waals surface area contributed by atoms with Crippen molar-refractivity contribution >= 4 is 11.8 Å². The molecule has 1 rings (SSSR count). The van der Waals surface area contributed by atoms with Crippen molar-refractivity contribution in [1.82, 2.24) is 10.2 Å². The summed E-state index contributed by atoms with van der Waals surface area (Å²) < 4.78 is 0. The van der Waals surface area contributed by atoms with Gasteiger partial charge in [0.05, 0.1) is 0 Å². The second-order valence-corrected chi connectivity index (χ2v) is 4.53. The first-order chi connectivity index (χ1) is 7.96. The minimum atomic E-state index is -0.761. The van der Waals surface area contributed by atoms with E-state index >= 15 is 0 Å². The fraction of sp³-hybridized carbons (Fsp3) is 0.692. The third kappa shape index (κ3) is 2.60. The molecular formula is C13H20N2O2. The molecule has 1 N–H and O–H groups in total. The van der Waals surface area contributed by atoms with Crippen LogP contribution in [0.15, 0.2) is 0 Å². The van der Waals surface area contributed by atoms with Crippen molar-refractivity contribution in [3.63, 3.8) is 0 Å². The van der Waals surface area contributed by atoms with E-state index in [0.29, 0.717) is 19.4 Å². The van der Waals surface area contributed by atoms with Crippen LogP contribution in [0.2, 0.25) is 0 Å². The summed E-state index contributed by atoms with van der Waals surface area (Å²) in [5.74, 6) is 5.62. The van der Waals surface area contributed by atoms with E-state index in [1.54, 1.807) is 25.7 Å². The number of amides is 2. The Labute approximate surface area is 103 Å². The summed E-state index contributed by atoms with van der Waals surface area (Å²) in [5.41, 5.74) is -0.761. The highest BCUT2D eigenvalue weighted by molar-refractivity contribution is 5.99. The standard InChI is InChI=1S/C13H20N2O2/c1-5-7-8-9-15-10(3)11(16)14-13(4,6-2)12(15)17/h10H,6,8-9H2,1-4H3,(H,14,16). The van der Waals surface area contributed by atoms with Gasteiger partial charge in [-0.2, -0.15) is 0 Å². The predicted molar refractivity (Wildman–Crippen MR) is 66.1 cm³/mol. The molecule has 1 fully saturated rings. The summed E-state index contributed by atoms with van der Waals surface area (Å²) in [6.07, 6.45) is 1.21. The Bertz CT molecular complexity index is 381. The quantitative estimate of drug-likeness (QED) is 0.741. The second kappa shape index (κ2) is 5.22. The molecule has 0 spiro atoms. The van der Waals surface area contributed by atoms with E-state index in [1.165, 1.54) is 0 Å². The maximum atomic E-state index is 12.3. The summed E-state index contributed by atoms with van der Waals surface area (Å²) in [4.78, 5) is 25.7. The van der Waals surface area contributed by atoms with Crippen LogP contribution < -0.4 is 5.32 Å². The molecule has 1 aliphatic rings. The van der Waals surface area contributed by atoms with Crippen LogP contribution in [0.4, 0.5) is 0 Å². The van der Waals surface area contributed by atoms with Crippen LogP contribution in [0.1, 0.15) is 40.5 Å². The Kier molecular flexibility index (Phi) is 4.17. The molecule has 17 heavy (non-hydrogen) atoms. The highest BCUT2D eigenvalue weighted by atomic mass is 16.2. The van der Waals surface area contributed by atoms with E-state index in [9.17, 15) is 9.59 Å². The largest absolute Gasteiger partial charge is 0.340 e. The van der Waals surface area contributed by atoms with Gasteiger partial charge in [0, 0.05) is 13.0 Å². The Hall–Kier alpha value is -1.50. The van der Waals surface area contributed by atoms with Crippen LogP contribution in [0.25, 0.3) is 0 Å².